The lowest BCUT2D eigenvalue weighted by molar-refractivity contribution is 0.289. The SMILES string of the molecule is CNC.Cc1cc(-c2cccc3c2OCCC3)c(C)cn1. The Morgan fingerprint density at radius 2 is 1.90 bits per heavy atom. The van der Waals surface area contributed by atoms with Gasteiger partial charge in [0.2, 0.25) is 0 Å². The largest absolute Gasteiger partial charge is 0.493 e. The summed E-state index contributed by atoms with van der Waals surface area (Å²) in [6.45, 7) is 4.95. The average Bonchev–Trinajstić information content (AvgIpc) is 2.50. The van der Waals surface area contributed by atoms with Gasteiger partial charge in [0.1, 0.15) is 5.75 Å². The Morgan fingerprint density at radius 1 is 1.14 bits per heavy atom. The van der Waals surface area contributed by atoms with E-state index in [1.807, 2.05) is 27.2 Å². The highest BCUT2D eigenvalue weighted by atomic mass is 16.5. The number of nitrogens with zero attached hydrogens (tertiary/aromatic N) is 1. The summed E-state index contributed by atoms with van der Waals surface area (Å²) in [7, 11) is 3.75. The van der Waals surface area contributed by atoms with Crippen molar-refractivity contribution in [1.82, 2.24) is 10.3 Å². The van der Waals surface area contributed by atoms with Gasteiger partial charge in [0, 0.05) is 17.5 Å². The quantitative estimate of drug-likeness (QED) is 0.870. The number of nitrogens with one attached hydrogen (secondary N) is 1. The zero-order valence-electron chi connectivity index (χ0n) is 13.4. The van der Waals surface area contributed by atoms with Crippen molar-refractivity contribution in [3.63, 3.8) is 0 Å². The van der Waals surface area contributed by atoms with E-state index in [0.29, 0.717) is 0 Å². The minimum atomic E-state index is 0.827. The molecule has 0 saturated carbocycles. The number of ether oxygens (including phenoxy) is 1. The Labute approximate surface area is 127 Å². The third kappa shape index (κ3) is 3.61. The summed E-state index contributed by atoms with van der Waals surface area (Å²) in [5.41, 5.74) is 6.01. The van der Waals surface area contributed by atoms with Gasteiger partial charge in [-0.15, -0.1) is 0 Å². The smallest absolute Gasteiger partial charge is 0.130 e. The van der Waals surface area contributed by atoms with E-state index >= 15 is 0 Å². The highest BCUT2D eigenvalue weighted by molar-refractivity contribution is 5.75. The molecule has 0 fully saturated rings. The molecule has 1 aliphatic rings. The van der Waals surface area contributed by atoms with Gasteiger partial charge in [-0.2, -0.15) is 0 Å². The maximum absolute atomic E-state index is 5.88. The Kier molecular flexibility index (Phi) is 5.34. The van der Waals surface area contributed by atoms with Crippen LogP contribution in [0.2, 0.25) is 0 Å². The fourth-order valence-corrected chi connectivity index (χ4v) is 2.52. The molecule has 1 N–H and O–H groups in total. The van der Waals surface area contributed by atoms with Crippen molar-refractivity contribution in [2.24, 2.45) is 0 Å². The molecule has 0 amide bonds. The predicted octanol–water partition coefficient (Wildman–Crippen LogP) is 3.53. The van der Waals surface area contributed by atoms with Gasteiger partial charge in [-0.25, -0.2) is 0 Å². The first kappa shape index (κ1) is 15.5. The lowest BCUT2D eigenvalue weighted by atomic mass is 9.95. The fraction of sp³-hybridized carbons (Fsp3) is 0.389. The Morgan fingerprint density at radius 3 is 2.67 bits per heavy atom. The molecule has 1 aromatic carbocycles. The number of para-hydroxylation sites is 1. The van der Waals surface area contributed by atoms with Crippen molar-refractivity contribution in [1.29, 1.82) is 0 Å². The molecule has 21 heavy (non-hydrogen) atoms. The zero-order chi connectivity index (χ0) is 15.2. The second-order valence-electron chi connectivity index (χ2n) is 5.39. The molecule has 1 aromatic heterocycles. The predicted molar refractivity (Wildman–Crippen MR) is 87.9 cm³/mol. The molecule has 0 spiro atoms. The number of pyridine rings is 1. The molecule has 3 rings (SSSR count). The van der Waals surface area contributed by atoms with E-state index in [9.17, 15) is 0 Å². The number of fused-ring (bicyclic) bond motifs is 1. The van der Waals surface area contributed by atoms with Crippen LogP contribution in [0.4, 0.5) is 0 Å². The highest BCUT2D eigenvalue weighted by Crippen LogP contribution is 2.37. The lowest BCUT2D eigenvalue weighted by Gasteiger charge is -2.21. The van der Waals surface area contributed by atoms with Crippen LogP contribution < -0.4 is 10.1 Å². The number of hydrogen-bond acceptors (Lipinski definition) is 3. The topological polar surface area (TPSA) is 34.1 Å². The average molecular weight is 284 g/mol. The minimum absolute atomic E-state index is 0.827. The van der Waals surface area contributed by atoms with Crippen LogP contribution in [0.5, 0.6) is 5.75 Å². The molecule has 0 atom stereocenters. The van der Waals surface area contributed by atoms with E-state index < -0.39 is 0 Å². The summed E-state index contributed by atoms with van der Waals surface area (Å²) < 4.78 is 5.88. The number of aryl methyl sites for hydroxylation is 3. The van der Waals surface area contributed by atoms with Crippen molar-refractivity contribution in [3.8, 4) is 16.9 Å². The van der Waals surface area contributed by atoms with Crippen LogP contribution >= 0.6 is 0 Å². The van der Waals surface area contributed by atoms with E-state index in [4.69, 9.17) is 4.74 Å². The molecular weight excluding hydrogens is 260 g/mol. The van der Waals surface area contributed by atoms with Gasteiger partial charge in [0.25, 0.3) is 0 Å². The highest BCUT2D eigenvalue weighted by Gasteiger charge is 2.16. The van der Waals surface area contributed by atoms with Crippen molar-refractivity contribution in [2.45, 2.75) is 26.7 Å². The van der Waals surface area contributed by atoms with Crippen LogP contribution in [0.15, 0.2) is 30.5 Å². The molecule has 2 heterocycles. The van der Waals surface area contributed by atoms with Gasteiger partial charge < -0.3 is 10.1 Å². The Balaban J connectivity index is 0.000000497. The standard InChI is InChI=1S/C16H17NO.C2H7N/c1-11-10-17-12(2)9-15(11)14-7-3-5-13-6-4-8-18-16(13)14;1-3-2/h3,5,7,9-10H,4,6,8H2,1-2H3;3H,1-2H3. The van der Waals surface area contributed by atoms with Gasteiger partial charge in [-0.3, -0.25) is 4.98 Å². The minimum Gasteiger partial charge on any atom is -0.493 e. The lowest BCUT2D eigenvalue weighted by Crippen LogP contribution is -2.09. The first-order chi connectivity index (χ1) is 10.2. The number of rotatable bonds is 1. The van der Waals surface area contributed by atoms with E-state index in [1.54, 1.807) is 0 Å². The first-order valence-electron chi connectivity index (χ1n) is 7.44. The van der Waals surface area contributed by atoms with Crippen molar-refractivity contribution < 1.29 is 4.74 Å². The van der Waals surface area contributed by atoms with Crippen LogP contribution in [0, 0.1) is 13.8 Å². The maximum Gasteiger partial charge on any atom is 0.130 e. The molecule has 0 bridgehead atoms. The van der Waals surface area contributed by atoms with E-state index in [-0.39, 0.29) is 0 Å². The van der Waals surface area contributed by atoms with Crippen LogP contribution in [0.3, 0.4) is 0 Å². The molecule has 2 aromatic rings. The van der Waals surface area contributed by atoms with Crippen molar-refractivity contribution in [3.05, 3.63) is 47.3 Å². The summed E-state index contributed by atoms with van der Waals surface area (Å²) in [5.74, 6) is 1.07. The molecule has 0 unspecified atom stereocenters. The molecule has 0 saturated heterocycles. The molecule has 3 nitrogen and oxygen atoms in total. The van der Waals surface area contributed by atoms with Gasteiger partial charge in [-0.05, 0) is 63.5 Å². The summed E-state index contributed by atoms with van der Waals surface area (Å²) in [4.78, 5) is 4.34. The van der Waals surface area contributed by atoms with Crippen LogP contribution in [0.25, 0.3) is 11.1 Å². The second kappa shape index (κ2) is 7.23. The van der Waals surface area contributed by atoms with Gasteiger partial charge in [0.05, 0.1) is 6.61 Å². The van der Waals surface area contributed by atoms with Gasteiger partial charge in [-0.1, -0.05) is 18.2 Å². The first-order valence-corrected chi connectivity index (χ1v) is 7.44. The van der Waals surface area contributed by atoms with E-state index in [0.717, 1.165) is 30.9 Å². The molecule has 112 valence electrons. The Bertz CT molecular complexity index is 608. The second-order valence-corrected chi connectivity index (χ2v) is 5.39. The summed E-state index contributed by atoms with van der Waals surface area (Å²) in [6, 6.07) is 8.58. The molecule has 1 aliphatic heterocycles. The van der Waals surface area contributed by atoms with Gasteiger partial charge in [0.15, 0.2) is 0 Å². The number of benzene rings is 1. The molecule has 0 aliphatic carbocycles. The summed E-state index contributed by atoms with van der Waals surface area (Å²) >= 11 is 0. The number of hydrogen-bond donors (Lipinski definition) is 1. The molecular formula is C18H24N2O. The normalized spacial score (nSPS) is 12.8. The van der Waals surface area contributed by atoms with Gasteiger partial charge >= 0.3 is 0 Å². The third-order valence-corrected chi connectivity index (χ3v) is 3.46. The number of aromatic nitrogens is 1. The van der Waals surface area contributed by atoms with Crippen molar-refractivity contribution in [2.75, 3.05) is 20.7 Å². The van der Waals surface area contributed by atoms with E-state index in [2.05, 4.69) is 41.5 Å². The van der Waals surface area contributed by atoms with E-state index in [1.165, 1.54) is 22.3 Å². The monoisotopic (exact) mass is 284 g/mol. The van der Waals surface area contributed by atoms with Crippen molar-refractivity contribution >= 4 is 0 Å². The molecule has 3 heteroatoms. The zero-order valence-corrected chi connectivity index (χ0v) is 13.4. The molecule has 0 radical (unpaired) electrons. The maximum atomic E-state index is 5.88. The Hall–Kier alpha value is -1.87. The summed E-state index contributed by atoms with van der Waals surface area (Å²) in [6.07, 6.45) is 4.17. The van der Waals surface area contributed by atoms with Crippen LogP contribution in [-0.2, 0) is 6.42 Å². The van der Waals surface area contributed by atoms with Crippen LogP contribution in [0.1, 0.15) is 23.2 Å². The third-order valence-electron chi connectivity index (χ3n) is 3.46. The van der Waals surface area contributed by atoms with Crippen LogP contribution in [-0.4, -0.2) is 25.7 Å². The summed E-state index contributed by atoms with van der Waals surface area (Å²) in [5, 5.41) is 2.75. The fourth-order valence-electron chi connectivity index (χ4n) is 2.52.